The second kappa shape index (κ2) is 4.53. The van der Waals surface area contributed by atoms with E-state index in [0.717, 1.165) is 0 Å². The SMILES string of the molecule is CC(S)CC(=O)[N+]1(C(=O)O)CC(F)(F)C[C@H]1C. The molecule has 0 aromatic heterocycles. The van der Waals surface area contributed by atoms with Gasteiger partial charge in [0.15, 0.2) is 6.54 Å². The highest BCUT2D eigenvalue weighted by molar-refractivity contribution is 7.80. The number of carboxylic acid groups (broad SMARTS) is 1. The van der Waals surface area contributed by atoms with Crippen LogP contribution in [0.2, 0.25) is 0 Å². The van der Waals surface area contributed by atoms with Gasteiger partial charge < -0.3 is 5.11 Å². The number of thiol groups is 1. The summed E-state index contributed by atoms with van der Waals surface area (Å²) in [5, 5.41) is 8.79. The van der Waals surface area contributed by atoms with Crippen LogP contribution >= 0.6 is 12.6 Å². The number of halogens is 2. The lowest BCUT2D eigenvalue weighted by Crippen LogP contribution is -2.59. The second-order valence-corrected chi connectivity index (χ2v) is 5.55. The summed E-state index contributed by atoms with van der Waals surface area (Å²) in [4.78, 5) is 23.2. The van der Waals surface area contributed by atoms with Crippen molar-refractivity contribution in [3.05, 3.63) is 0 Å². The minimum Gasteiger partial charge on any atom is -0.435 e. The van der Waals surface area contributed by atoms with Crippen LogP contribution < -0.4 is 0 Å². The van der Waals surface area contributed by atoms with Gasteiger partial charge in [-0.2, -0.15) is 21.9 Å². The largest absolute Gasteiger partial charge is 0.521 e. The number of amides is 2. The Morgan fingerprint density at radius 3 is 2.41 bits per heavy atom. The van der Waals surface area contributed by atoms with E-state index in [-0.39, 0.29) is 11.7 Å². The maximum Gasteiger partial charge on any atom is 0.521 e. The minimum absolute atomic E-state index is 0.129. The Morgan fingerprint density at radius 1 is 1.59 bits per heavy atom. The molecule has 0 aromatic carbocycles. The molecule has 0 bridgehead atoms. The number of quaternary nitrogens is 1. The number of hydrogen-bond donors (Lipinski definition) is 2. The number of carbonyl (C=O) groups excluding carboxylic acids is 1. The summed E-state index contributed by atoms with van der Waals surface area (Å²) in [7, 11) is 0. The number of rotatable bonds is 2. The first kappa shape index (κ1) is 14.4. The highest BCUT2D eigenvalue weighted by Crippen LogP contribution is 2.39. The molecule has 2 amide bonds. The quantitative estimate of drug-likeness (QED) is 0.596. The van der Waals surface area contributed by atoms with Gasteiger partial charge in [0.2, 0.25) is 0 Å². The maximum absolute atomic E-state index is 13.3. The van der Waals surface area contributed by atoms with E-state index in [1.807, 2.05) is 0 Å². The topological polar surface area (TPSA) is 54.4 Å². The van der Waals surface area contributed by atoms with E-state index in [1.165, 1.54) is 6.92 Å². The number of nitrogens with zero attached hydrogens (tertiary/aromatic N) is 1. The highest BCUT2D eigenvalue weighted by atomic mass is 32.1. The van der Waals surface area contributed by atoms with Gasteiger partial charge in [-0.3, -0.25) is 0 Å². The molecular weight excluding hydrogens is 252 g/mol. The van der Waals surface area contributed by atoms with Gasteiger partial charge in [-0.1, -0.05) is 6.92 Å². The summed E-state index contributed by atoms with van der Waals surface area (Å²) >= 11 is 4.00. The summed E-state index contributed by atoms with van der Waals surface area (Å²) in [6.45, 7) is 2.04. The number of hydrogen-bond acceptors (Lipinski definition) is 3. The smallest absolute Gasteiger partial charge is 0.435 e. The molecule has 4 nitrogen and oxygen atoms in total. The summed E-state index contributed by atoms with van der Waals surface area (Å²) < 4.78 is 25.4. The molecule has 2 unspecified atom stereocenters. The average molecular weight is 268 g/mol. The zero-order chi connectivity index (χ0) is 13.4. The van der Waals surface area contributed by atoms with Gasteiger partial charge in [0, 0.05) is 5.25 Å². The number of alkyl halides is 2. The second-order valence-electron chi connectivity index (χ2n) is 4.67. The van der Waals surface area contributed by atoms with E-state index in [1.54, 1.807) is 6.92 Å². The lowest BCUT2D eigenvalue weighted by Gasteiger charge is -2.29. The van der Waals surface area contributed by atoms with Crippen molar-refractivity contribution in [1.82, 2.24) is 0 Å². The first-order chi connectivity index (χ1) is 7.62. The molecule has 7 heteroatoms. The normalized spacial score (nSPS) is 33.4. The van der Waals surface area contributed by atoms with Crippen LogP contribution in [0.15, 0.2) is 0 Å². The molecule has 0 saturated carbocycles. The van der Waals surface area contributed by atoms with Crippen molar-refractivity contribution in [3.8, 4) is 0 Å². The Bertz CT molecular complexity index is 348. The molecular formula is C10H16F2NO3S+. The van der Waals surface area contributed by atoms with Crippen LogP contribution in [0.4, 0.5) is 13.6 Å². The molecule has 1 N–H and O–H groups in total. The summed E-state index contributed by atoms with van der Waals surface area (Å²) in [6, 6.07) is -0.915. The zero-order valence-electron chi connectivity index (χ0n) is 9.69. The molecule has 1 aliphatic rings. The maximum atomic E-state index is 13.3. The Labute approximate surface area is 104 Å². The summed E-state index contributed by atoms with van der Waals surface area (Å²) in [5.41, 5.74) is 0. The molecule has 98 valence electrons. The molecule has 1 fully saturated rings. The van der Waals surface area contributed by atoms with Crippen LogP contribution in [-0.2, 0) is 4.79 Å². The van der Waals surface area contributed by atoms with Gasteiger partial charge in [-0.15, -0.1) is 0 Å². The third-order valence-corrected chi connectivity index (χ3v) is 3.27. The molecule has 0 spiro atoms. The predicted molar refractivity (Wildman–Crippen MR) is 60.3 cm³/mol. The first-order valence-electron chi connectivity index (χ1n) is 5.32. The summed E-state index contributed by atoms with van der Waals surface area (Å²) in [5.74, 6) is -3.81. The fourth-order valence-corrected chi connectivity index (χ4v) is 2.44. The molecule has 0 aromatic rings. The number of carbonyl (C=O) groups is 2. The molecule has 0 aliphatic carbocycles. The van der Waals surface area contributed by atoms with E-state index < -0.39 is 41.4 Å². The monoisotopic (exact) mass is 268 g/mol. The molecule has 1 rings (SSSR count). The van der Waals surface area contributed by atoms with Crippen LogP contribution in [0.1, 0.15) is 26.7 Å². The van der Waals surface area contributed by atoms with Crippen molar-refractivity contribution < 1.29 is 28.0 Å². The standard InChI is InChI=1S/C10H15F2NO3S/c1-6-4-10(11,12)5-13(6,9(15)16)8(14)3-7(2)17/h6-7H,3-5H2,1-2H3,(H-,15,16,17)/p+1/t6-,7?,13?/m1/s1. The fourth-order valence-electron chi connectivity index (χ4n) is 2.29. The zero-order valence-corrected chi connectivity index (χ0v) is 10.6. The lowest BCUT2D eigenvalue weighted by atomic mass is 10.2. The minimum atomic E-state index is -3.10. The van der Waals surface area contributed by atoms with Crippen molar-refractivity contribution in [2.75, 3.05) is 6.54 Å². The van der Waals surface area contributed by atoms with Crippen LogP contribution in [0, 0.1) is 0 Å². The Balaban J connectivity index is 3.07. The average Bonchev–Trinajstić information content (AvgIpc) is 2.35. The van der Waals surface area contributed by atoms with E-state index in [4.69, 9.17) is 5.11 Å². The van der Waals surface area contributed by atoms with Crippen molar-refractivity contribution in [3.63, 3.8) is 0 Å². The molecule has 17 heavy (non-hydrogen) atoms. The van der Waals surface area contributed by atoms with Crippen molar-refractivity contribution >= 4 is 24.6 Å². The van der Waals surface area contributed by atoms with Gasteiger partial charge in [-0.05, 0) is 6.92 Å². The highest BCUT2D eigenvalue weighted by Gasteiger charge is 2.63. The van der Waals surface area contributed by atoms with E-state index >= 15 is 0 Å². The van der Waals surface area contributed by atoms with Crippen molar-refractivity contribution in [2.24, 2.45) is 0 Å². The van der Waals surface area contributed by atoms with Crippen LogP contribution in [0.5, 0.6) is 0 Å². The predicted octanol–water partition coefficient (Wildman–Crippen LogP) is 2.14. The molecule has 1 aliphatic heterocycles. The molecule has 1 saturated heterocycles. The Morgan fingerprint density at radius 2 is 2.12 bits per heavy atom. The van der Waals surface area contributed by atoms with Crippen molar-refractivity contribution in [2.45, 2.75) is 43.9 Å². The first-order valence-corrected chi connectivity index (χ1v) is 5.84. The van der Waals surface area contributed by atoms with Gasteiger partial charge in [0.1, 0.15) is 6.04 Å². The number of likely N-dealkylation sites (tertiary alicyclic amines) is 1. The Hall–Kier alpha value is -0.690. The summed E-state index contributed by atoms with van der Waals surface area (Å²) in [6.07, 6.45) is -2.21. The van der Waals surface area contributed by atoms with Gasteiger partial charge >= 0.3 is 17.9 Å². The van der Waals surface area contributed by atoms with Gasteiger partial charge in [0.05, 0.1) is 12.8 Å². The Kier molecular flexibility index (Phi) is 3.83. The molecule has 3 atom stereocenters. The van der Waals surface area contributed by atoms with Gasteiger partial charge in [-0.25, -0.2) is 13.6 Å². The van der Waals surface area contributed by atoms with Crippen LogP contribution in [0.25, 0.3) is 0 Å². The third kappa shape index (κ3) is 2.60. The van der Waals surface area contributed by atoms with E-state index in [9.17, 15) is 18.4 Å². The van der Waals surface area contributed by atoms with Crippen molar-refractivity contribution in [1.29, 1.82) is 0 Å². The van der Waals surface area contributed by atoms with E-state index in [0.29, 0.717) is 0 Å². The number of imide groups is 1. The third-order valence-electron chi connectivity index (χ3n) is 3.08. The van der Waals surface area contributed by atoms with Gasteiger partial charge in [0.25, 0.3) is 0 Å². The van der Waals surface area contributed by atoms with Crippen LogP contribution in [0.3, 0.4) is 0 Å². The molecule has 0 radical (unpaired) electrons. The van der Waals surface area contributed by atoms with E-state index in [2.05, 4.69) is 12.6 Å². The fraction of sp³-hybridized carbons (Fsp3) is 0.800. The van der Waals surface area contributed by atoms with Crippen LogP contribution in [-0.4, -0.2) is 45.3 Å². The molecule has 1 heterocycles. The lowest BCUT2D eigenvalue weighted by molar-refractivity contribution is -0.796.